The van der Waals surface area contributed by atoms with Crippen molar-refractivity contribution in [3.05, 3.63) is 24.2 Å². The summed E-state index contributed by atoms with van der Waals surface area (Å²) >= 11 is 0. The molecule has 0 bridgehead atoms. The molecule has 4 heteroatoms. The van der Waals surface area contributed by atoms with E-state index in [2.05, 4.69) is 0 Å². The van der Waals surface area contributed by atoms with E-state index < -0.39 is 11.9 Å². The van der Waals surface area contributed by atoms with E-state index in [9.17, 15) is 9.59 Å². The van der Waals surface area contributed by atoms with E-state index in [1.54, 1.807) is 19.1 Å². The zero-order chi connectivity index (χ0) is 11.3. The van der Waals surface area contributed by atoms with Crippen molar-refractivity contribution in [2.75, 3.05) is 0 Å². The number of hydrogen-bond donors (Lipinski definition) is 1. The summed E-state index contributed by atoms with van der Waals surface area (Å²) in [6.07, 6.45) is 2.56. The standard InChI is InChI=1S/C11H14O4/c1-2-9(11(13)14)10(12)6-5-8-4-3-7-15-8/h3-4,7,9H,2,5-6H2,1H3,(H,13,14). The van der Waals surface area contributed by atoms with Gasteiger partial charge in [0.15, 0.2) is 0 Å². The molecular weight excluding hydrogens is 196 g/mol. The monoisotopic (exact) mass is 210 g/mol. The highest BCUT2D eigenvalue weighted by Gasteiger charge is 2.23. The van der Waals surface area contributed by atoms with Gasteiger partial charge in [0.2, 0.25) is 0 Å². The van der Waals surface area contributed by atoms with Crippen LogP contribution in [0.2, 0.25) is 0 Å². The molecule has 82 valence electrons. The highest BCUT2D eigenvalue weighted by molar-refractivity contribution is 5.98. The van der Waals surface area contributed by atoms with Gasteiger partial charge in [-0.2, -0.15) is 0 Å². The molecule has 0 saturated heterocycles. The van der Waals surface area contributed by atoms with Crippen LogP contribution < -0.4 is 0 Å². The number of furan rings is 1. The van der Waals surface area contributed by atoms with E-state index in [4.69, 9.17) is 9.52 Å². The van der Waals surface area contributed by atoms with Gasteiger partial charge in [0.25, 0.3) is 0 Å². The Morgan fingerprint density at radius 2 is 2.27 bits per heavy atom. The van der Waals surface area contributed by atoms with Gasteiger partial charge in [0, 0.05) is 12.8 Å². The van der Waals surface area contributed by atoms with Crippen LogP contribution in [0.5, 0.6) is 0 Å². The smallest absolute Gasteiger partial charge is 0.314 e. The van der Waals surface area contributed by atoms with Crippen molar-refractivity contribution in [1.29, 1.82) is 0 Å². The van der Waals surface area contributed by atoms with Gasteiger partial charge in [0.1, 0.15) is 17.5 Å². The molecule has 1 unspecified atom stereocenters. The third-order valence-electron chi connectivity index (χ3n) is 2.29. The normalized spacial score (nSPS) is 12.3. The molecule has 0 amide bonds. The summed E-state index contributed by atoms with van der Waals surface area (Å²) in [5.74, 6) is -1.44. The van der Waals surface area contributed by atoms with Gasteiger partial charge >= 0.3 is 5.97 Å². The minimum atomic E-state index is -1.04. The lowest BCUT2D eigenvalue weighted by Gasteiger charge is -2.07. The lowest BCUT2D eigenvalue weighted by atomic mass is 9.97. The number of carboxylic acid groups (broad SMARTS) is 1. The molecule has 0 aliphatic carbocycles. The molecule has 1 aromatic rings. The van der Waals surface area contributed by atoms with Crippen LogP contribution in [0.3, 0.4) is 0 Å². The number of hydrogen-bond acceptors (Lipinski definition) is 3. The second-order valence-electron chi connectivity index (χ2n) is 3.34. The minimum absolute atomic E-state index is 0.221. The van der Waals surface area contributed by atoms with Crippen molar-refractivity contribution >= 4 is 11.8 Å². The summed E-state index contributed by atoms with van der Waals surface area (Å²) in [6.45, 7) is 1.70. The maximum atomic E-state index is 11.5. The maximum absolute atomic E-state index is 11.5. The largest absolute Gasteiger partial charge is 0.481 e. The van der Waals surface area contributed by atoms with Crippen molar-refractivity contribution in [2.24, 2.45) is 5.92 Å². The van der Waals surface area contributed by atoms with Crippen LogP contribution in [0.15, 0.2) is 22.8 Å². The van der Waals surface area contributed by atoms with Gasteiger partial charge in [-0.05, 0) is 18.6 Å². The van der Waals surface area contributed by atoms with Crippen molar-refractivity contribution in [2.45, 2.75) is 26.2 Å². The molecule has 1 atom stereocenters. The average Bonchev–Trinajstić information content (AvgIpc) is 2.67. The quantitative estimate of drug-likeness (QED) is 0.728. The van der Waals surface area contributed by atoms with Crippen LogP contribution in [-0.4, -0.2) is 16.9 Å². The molecule has 1 N–H and O–H groups in total. The first-order chi connectivity index (χ1) is 7.15. The van der Waals surface area contributed by atoms with E-state index >= 15 is 0 Å². The van der Waals surface area contributed by atoms with E-state index in [1.807, 2.05) is 0 Å². The van der Waals surface area contributed by atoms with Gasteiger partial charge in [-0.3, -0.25) is 9.59 Å². The number of rotatable bonds is 6. The summed E-state index contributed by atoms with van der Waals surface area (Å²) < 4.78 is 5.06. The van der Waals surface area contributed by atoms with Crippen molar-refractivity contribution < 1.29 is 19.1 Å². The molecule has 1 heterocycles. The van der Waals surface area contributed by atoms with Crippen LogP contribution in [0.1, 0.15) is 25.5 Å². The molecule has 0 saturated carbocycles. The molecule has 0 aliphatic heterocycles. The Labute approximate surface area is 87.9 Å². The number of carbonyl (C=O) groups is 2. The summed E-state index contributed by atoms with van der Waals surface area (Å²) in [5.41, 5.74) is 0. The number of carbonyl (C=O) groups excluding carboxylic acids is 1. The number of aryl methyl sites for hydroxylation is 1. The molecule has 4 nitrogen and oxygen atoms in total. The van der Waals surface area contributed by atoms with E-state index in [-0.39, 0.29) is 12.2 Å². The first-order valence-corrected chi connectivity index (χ1v) is 4.93. The zero-order valence-electron chi connectivity index (χ0n) is 8.60. The fraction of sp³-hybridized carbons (Fsp3) is 0.455. The highest BCUT2D eigenvalue weighted by Crippen LogP contribution is 2.11. The Hall–Kier alpha value is -1.58. The Balaban J connectivity index is 2.44. The molecular formula is C11H14O4. The molecule has 0 aromatic carbocycles. The van der Waals surface area contributed by atoms with Gasteiger partial charge in [-0.25, -0.2) is 0 Å². The molecule has 1 aromatic heterocycles. The predicted molar refractivity (Wildman–Crippen MR) is 53.5 cm³/mol. The predicted octanol–water partition coefficient (Wildman–Crippen LogP) is 1.89. The Bertz CT molecular complexity index is 326. The van der Waals surface area contributed by atoms with Crippen LogP contribution in [0, 0.1) is 5.92 Å². The Morgan fingerprint density at radius 1 is 1.53 bits per heavy atom. The first-order valence-electron chi connectivity index (χ1n) is 4.93. The highest BCUT2D eigenvalue weighted by atomic mass is 16.4. The average molecular weight is 210 g/mol. The van der Waals surface area contributed by atoms with Crippen molar-refractivity contribution in [1.82, 2.24) is 0 Å². The number of carboxylic acids is 1. The SMILES string of the molecule is CCC(C(=O)O)C(=O)CCc1ccco1. The topological polar surface area (TPSA) is 67.5 Å². The maximum Gasteiger partial charge on any atom is 0.314 e. The summed E-state index contributed by atoms with van der Waals surface area (Å²) in [4.78, 5) is 22.2. The van der Waals surface area contributed by atoms with E-state index in [0.29, 0.717) is 18.6 Å². The molecule has 1 rings (SSSR count). The molecule has 0 fully saturated rings. The molecule has 0 aliphatic rings. The van der Waals surface area contributed by atoms with Gasteiger partial charge < -0.3 is 9.52 Å². The van der Waals surface area contributed by atoms with Crippen molar-refractivity contribution in [3.8, 4) is 0 Å². The van der Waals surface area contributed by atoms with Gasteiger partial charge in [0.05, 0.1) is 6.26 Å². The molecule has 15 heavy (non-hydrogen) atoms. The van der Waals surface area contributed by atoms with Crippen molar-refractivity contribution in [3.63, 3.8) is 0 Å². The number of aliphatic carboxylic acids is 1. The Kier molecular flexibility index (Phi) is 4.09. The second kappa shape index (κ2) is 5.34. The van der Waals surface area contributed by atoms with Gasteiger partial charge in [-0.1, -0.05) is 6.92 Å². The van der Waals surface area contributed by atoms with Crippen LogP contribution in [-0.2, 0) is 16.0 Å². The minimum Gasteiger partial charge on any atom is -0.481 e. The third kappa shape index (κ3) is 3.23. The lowest BCUT2D eigenvalue weighted by Crippen LogP contribution is -2.23. The summed E-state index contributed by atoms with van der Waals surface area (Å²) in [7, 11) is 0. The number of Topliss-reactive ketones (excluding diaryl/α,β-unsaturated/α-hetero) is 1. The summed E-state index contributed by atoms with van der Waals surface area (Å²) in [5, 5.41) is 8.76. The van der Waals surface area contributed by atoms with Crippen LogP contribution >= 0.6 is 0 Å². The number of ketones is 1. The Morgan fingerprint density at radius 3 is 2.73 bits per heavy atom. The second-order valence-corrected chi connectivity index (χ2v) is 3.34. The first kappa shape index (κ1) is 11.5. The van der Waals surface area contributed by atoms with Crippen LogP contribution in [0.4, 0.5) is 0 Å². The van der Waals surface area contributed by atoms with E-state index in [0.717, 1.165) is 0 Å². The third-order valence-corrected chi connectivity index (χ3v) is 2.29. The lowest BCUT2D eigenvalue weighted by molar-refractivity contribution is -0.146. The van der Waals surface area contributed by atoms with E-state index in [1.165, 1.54) is 6.26 Å². The summed E-state index contributed by atoms with van der Waals surface area (Å²) in [6, 6.07) is 3.52. The molecule has 0 spiro atoms. The molecule has 0 radical (unpaired) electrons. The van der Waals surface area contributed by atoms with Gasteiger partial charge in [-0.15, -0.1) is 0 Å². The fourth-order valence-corrected chi connectivity index (χ4v) is 1.42. The van der Waals surface area contributed by atoms with Crippen LogP contribution in [0.25, 0.3) is 0 Å². The zero-order valence-corrected chi connectivity index (χ0v) is 8.60. The fourth-order valence-electron chi connectivity index (χ4n) is 1.42.